The van der Waals surface area contributed by atoms with E-state index in [2.05, 4.69) is 24.0 Å². The van der Waals surface area contributed by atoms with Crippen LogP contribution in [0.2, 0.25) is 0 Å². The maximum absolute atomic E-state index is 10.7. The Morgan fingerprint density at radius 3 is 2.57 bits per heavy atom. The van der Waals surface area contributed by atoms with E-state index in [1.807, 2.05) is 18.2 Å². The molecule has 0 aliphatic carbocycles. The van der Waals surface area contributed by atoms with Gasteiger partial charge in [-0.05, 0) is 12.0 Å². The molecule has 2 nitrogen and oxygen atoms in total. The van der Waals surface area contributed by atoms with Gasteiger partial charge in [0.1, 0.15) is 6.29 Å². The van der Waals surface area contributed by atoms with Crippen molar-refractivity contribution in [2.75, 3.05) is 0 Å². The van der Waals surface area contributed by atoms with Crippen molar-refractivity contribution in [2.24, 2.45) is 0 Å². The molecule has 0 spiro atoms. The zero-order valence-corrected chi connectivity index (χ0v) is 8.39. The minimum Gasteiger partial charge on any atom is -0.302 e. The molecule has 1 fully saturated rings. The number of carbonyl (C=O) groups is 1. The lowest BCUT2D eigenvalue weighted by molar-refractivity contribution is -0.108. The standard InChI is InChI=1S/C12H15NO/c1-2-11-12(9-14)13(11)8-10-6-4-3-5-7-10/h3-7,9,11-12H,2,8H2,1H3/t11-,12+,13?/m1/s1. The quantitative estimate of drug-likeness (QED) is 0.532. The largest absolute Gasteiger partial charge is 0.302 e. The molecule has 1 unspecified atom stereocenters. The van der Waals surface area contributed by atoms with Crippen LogP contribution in [0.4, 0.5) is 0 Å². The van der Waals surface area contributed by atoms with E-state index < -0.39 is 0 Å². The molecule has 2 heteroatoms. The van der Waals surface area contributed by atoms with E-state index in [0.29, 0.717) is 6.04 Å². The molecule has 1 aromatic rings. The number of nitrogens with zero attached hydrogens (tertiary/aromatic N) is 1. The minimum atomic E-state index is 0.167. The zero-order chi connectivity index (χ0) is 9.97. The minimum absolute atomic E-state index is 0.167. The maximum Gasteiger partial charge on any atom is 0.138 e. The third-order valence-electron chi connectivity index (χ3n) is 2.88. The van der Waals surface area contributed by atoms with Crippen molar-refractivity contribution in [1.82, 2.24) is 4.90 Å². The summed E-state index contributed by atoms with van der Waals surface area (Å²) < 4.78 is 0. The van der Waals surface area contributed by atoms with Gasteiger partial charge in [-0.15, -0.1) is 0 Å². The normalized spacial score (nSPS) is 29.9. The van der Waals surface area contributed by atoms with Crippen LogP contribution in [0.15, 0.2) is 30.3 Å². The van der Waals surface area contributed by atoms with Crippen LogP contribution in [-0.2, 0) is 11.3 Å². The SMILES string of the molecule is CC[C@@H]1[C@H](C=O)N1Cc1ccccc1. The predicted octanol–water partition coefficient (Wildman–Crippen LogP) is 1.85. The zero-order valence-electron chi connectivity index (χ0n) is 8.39. The molecule has 0 radical (unpaired) electrons. The van der Waals surface area contributed by atoms with Crippen molar-refractivity contribution in [3.05, 3.63) is 35.9 Å². The first-order valence-electron chi connectivity index (χ1n) is 5.11. The molecular weight excluding hydrogens is 174 g/mol. The molecule has 14 heavy (non-hydrogen) atoms. The molecule has 1 heterocycles. The molecule has 0 N–H and O–H groups in total. The summed E-state index contributed by atoms with van der Waals surface area (Å²) in [7, 11) is 0. The van der Waals surface area contributed by atoms with E-state index in [9.17, 15) is 4.79 Å². The first-order chi connectivity index (χ1) is 6.86. The summed E-state index contributed by atoms with van der Waals surface area (Å²) in [6, 6.07) is 10.9. The third-order valence-corrected chi connectivity index (χ3v) is 2.88. The van der Waals surface area contributed by atoms with E-state index in [4.69, 9.17) is 0 Å². The number of benzene rings is 1. The Kier molecular flexibility index (Phi) is 2.64. The number of aldehydes is 1. The second-order valence-corrected chi connectivity index (χ2v) is 3.76. The van der Waals surface area contributed by atoms with Gasteiger partial charge in [-0.1, -0.05) is 37.3 Å². The molecule has 1 saturated heterocycles. The fourth-order valence-corrected chi connectivity index (χ4v) is 2.02. The van der Waals surface area contributed by atoms with Gasteiger partial charge in [-0.3, -0.25) is 4.90 Å². The average Bonchev–Trinajstić information content (AvgIpc) is 2.91. The van der Waals surface area contributed by atoms with Crippen molar-refractivity contribution in [3.63, 3.8) is 0 Å². The Bertz CT molecular complexity index is 309. The summed E-state index contributed by atoms with van der Waals surface area (Å²) in [5, 5.41) is 0. The first-order valence-corrected chi connectivity index (χ1v) is 5.11. The molecule has 1 aromatic carbocycles. The fraction of sp³-hybridized carbons (Fsp3) is 0.417. The average molecular weight is 189 g/mol. The van der Waals surface area contributed by atoms with Crippen molar-refractivity contribution in [2.45, 2.75) is 32.0 Å². The molecule has 2 rings (SSSR count). The Morgan fingerprint density at radius 2 is 2.07 bits per heavy atom. The Morgan fingerprint density at radius 1 is 1.36 bits per heavy atom. The number of rotatable bonds is 4. The van der Waals surface area contributed by atoms with Crippen LogP contribution in [-0.4, -0.2) is 23.3 Å². The van der Waals surface area contributed by atoms with Crippen LogP contribution in [0.3, 0.4) is 0 Å². The summed E-state index contributed by atoms with van der Waals surface area (Å²) in [5.74, 6) is 0. The van der Waals surface area contributed by atoms with Gasteiger partial charge in [0.05, 0.1) is 6.04 Å². The monoisotopic (exact) mass is 189 g/mol. The number of hydrogen-bond donors (Lipinski definition) is 0. The van der Waals surface area contributed by atoms with Gasteiger partial charge in [0.25, 0.3) is 0 Å². The van der Waals surface area contributed by atoms with Gasteiger partial charge in [-0.2, -0.15) is 0 Å². The summed E-state index contributed by atoms with van der Waals surface area (Å²) in [6.07, 6.45) is 2.13. The third kappa shape index (κ3) is 1.70. The molecule has 74 valence electrons. The smallest absolute Gasteiger partial charge is 0.138 e. The Labute approximate surface area is 84.5 Å². The molecule has 3 atom stereocenters. The van der Waals surface area contributed by atoms with Gasteiger partial charge in [0.15, 0.2) is 0 Å². The van der Waals surface area contributed by atoms with Gasteiger partial charge in [0.2, 0.25) is 0 Å². The predicted molar refractivity (Wildman–Crippen MR) is 55.9 cm³/mol. The lowest BCUT2D eigenvalue weighted by Crippen LogP contribution is -2.03. The van der Waals surface area contributed by atoms with Crippen LogP contribution in [0, 0.1) is 0 Å². The van der Waals surface area contributed by atoms with Gasteiger partial charge < -0.3 is 4.79 Å². The lowest BCUT2D eigenvalue weighted by atomic mass is 10.2. The van der Waals surface area contributed by atoms with Crippen molar-refractivity contribution < 1.29 is 4.79 Å². The lowest BCUT2D eigenvalue weighted by Gasteiger charge is -2.02. The summed E-state index contributed by atoms with van der Waals surface area (Å²) in [4.78, 5) is 12.9. The van der Waals surface area contributed by atoms with E-state index >= 15 is 0 Å². The highest BCUT2D eigenvalue weighted by Crippen LogP contribution is 2.31. The molecule has 0 saturated carbocycles. The first kappa shape index (κ1) is 9.41. The van der Waals surface area contributed by atoms with Gasteiger partial charge in [0, 0.05) is 12.6 Å². The second kappa shape index (κ2) is 3.93. The highest BCUT2D eigenvalue weighted by molar-refractivity contribution is 5.64. The van der Waals surface area contributed by atoms with Gasteiger partial charge >= 0.3 is 0 Å². The fourth-order valence-electron chi connectivity index (χ4n) is 2.02. The molecule has 1 aliphatic heterocycles. The van der Waals surface area contributed by atoms with E-state index in [1.165, 1.54) is 5.56 Å². The second-order valence-electron chi connectivity index (χ2n) is 3.76. The van der Waals surface area contributed by atoms with Crippen molar-refractivity contribution in [3.8, 4) is 0 Å². The molecule has 0 bridgehead atoms. The highest BCUT2D eigenvalue weighted by atomic mass is 16.1. The van der Waals surface area contributed by atoms with Crippen LogP contribution in [0.25, 0.3) is 0 Å². The number of hydrogen-bond acceptors (Lipinski definition) is 2. The van der Waals surface area contributed by atoms with Crippen molar-refractivity contribution in [1.29, 1.82) is 0 Å². The number of carbonyl (C=O) groups excluding carboxylic acids is 1. The topological polar surface area (TPSA) is 20.1 Å². The van der Waals surface area contributed by atoms with Crippen LogP contribution in [0.1, 0.15) is 18.9 Å². The van der Waals surface area contributed by atoms with Gasteiger partial charge in [-0.25, -0.2) is 0 Å². The maximum atomic E-state index is 10.7. The van der Waals surface area contributed by atoms with E-state index in [-0.39, 0.29) is 6.04 Å². The van der Waals surface area contributed by atoms with E-state index in [0.717, 1.165) is 19.3 Å². The summed E-state index contributed by atoms with van der Waals surface area (Å²) in [6.45, 7) is 3.04. The van der Waals surface area contributed by atoms with Crippen LogP contribution in [0.5, 0.6) is 0 Å². The molecule has 1 aliphatic rings. The van der Waals surface area contributed by atoms with E-state index in [1.54, 1.807) is 0 Å². The molecular formula is C12H15NO. The van der Waals surface area contributed by atoms with Crippen LogP contribution >= 0.6 is 0 Å². The Balaban J connectivity index is 1.97. The highest BCUT2D eigenvalue weighted by Gasteiger charge is 2.45. The molecule has 0 aromatic heterocycles. The Hall–Kier alpha value is -1.15. The van der Waals surface area contributed by atoms with Crippen molar-refractivity contribution >= 4 is 6.29 Å². The summed E-state index contributed by atoms with van der Waals surface area (Å²) in [5.41, 5.74) is 1.29. The summed E-state index contributed by atoms with van der Waals surface area (Å²) >= 11 is 0. The van der Waals surface area contributed by atoms with Crippen LogP contribution < -0.4 is 0 Å². The molecule has 0 amide bonds.